The Bertz CT molecular complexity index is 1310. The van der Waals surface area contributed by atoms with Gasteiger partial charge in [0, 0.05) is 15.5 Å². The third-order valence-electron chi connectivity index (χ3n) is 6.47. The van der Waals surface area contributed by atoms with Gasteiger partial charge in [-0.2, -0.15) is 0 Å². The molecule has 3 heteroatoms. The summed E-state index contributed by atoms with van der Waals surface area (Å²) in [7, 11) is 0. The minimum Gasteiger partial charge on any atom is -0.309 e. The lowest BCUT2D eigenvalue weighted by Gasteiger charge is -2.41. The van der Waals surface area contributed by atoms with Gasteiger partial charge in [0.1, 0.15) is 0 Å². The molecule has 150 valence electrons. The van der Waals surface area contributed by atoms with E-state index in [4.69, 9.17) is 0 Å². The van der Waals surface area contributed by atoms with Gasteiger partial charge >= 0.3 is 0 Å². The Kier molecular flexibility index (Phi) is 4.13. The van der Waals surface area contributed by atoms with Gasteiger partial charge in [0.25, 0.3) is 0 Å². The van der Waals surface area contributed by atoms with Crippen LogP contribution in [0, 0.1) is 0 Å². The summed E-state index contributed by atoms with van der Waals surface area (Å²) in [6.07, 6.45) is 0. The number of hydrogen-bond acceptors (Lipinski definition) is 2. The van der Waals surface area contributed by atoms with Gasteiger partial charge in [-0.15, -0.1) is 0 Å². The SMILES string of the molecule is CC(C)(C)c1ccc2c(c1)B(c1ccccc1)c1cccc3c1N2c1ccccc1S3. The molecular formula is C28H24BNS. The fourth-order valence-corrected chi connectivity index (χ4v) is 6.04. The molecule has 0 unspecified atom stereocenters. The van der Waals surface area contributed by atoms with Gasteiger partial charge in [0.15, 0.2) is 0 Å². The Hall–Kier alpha value is -2.91. The molecule has 0 atom stereocenters. The van der Waals surface area contributed by atoms with Crippen LogP contribution in [0.1, 0.15) is 26.3 Å². The Morgan fingerprint density at radius 3 is 2.23 bits per heavy atom. The number of nitrogens with zero attached hydrogens (tertiary/aromatic N) is 1. The molecule has 4 aromatic rings. The highest BCUT2D eigenvalue weighted by atomic mass is 32.2. The molecule has 0 spiro atoms. The van der Waals surface area contributed by atoms with E-state index >= 15 is 0 Å². The molecular weight excluding hydrogens is 393 g/mol. The van der Waals surface area contributed by atoms with Crippen molar-refractivity contribution in [2.45, 2.75) is 36.0 Å². The van der Waals surface area contributed by atoms with Crippen LogP contribution < -0.4 is 21.3 Å². The summed E-state index contributed by atoms with van der Waals surface area (Å²) in [6, 6.07) is 33.7. The van der Waals surface area contributed by atoms with Crippen molar-refractivity contribution in [1.82, 2.24) is 0 Å². The summed E-state index contributed by atoms with van der Waals surface area (Å²) in [5.74, 6) is 0. The zero-order valence-corrected chi connectivity index (χ0v) is 18.9. The van der Waals surface area contributed by atoms with Crippen LogP contribution in [0.25, 0.3) is 0 Å². The van der Waals surface area contributed by atoms with Crippen LogP contribution in [0.3, 0.4) is 0 Å². The minimum atomic E-state index is 0.105. The lowest BCUT2D eigenvalue weighted by molar-refractivity contribution is 0.591. The quantitative estimate of drug-likeness (QED) is 0.314. The van der Waals surface area contributed by atoms with Crippen molar-refractivity contribution in [2.24, 2.45) is 0 Å². The van der Waals surface area contributed by atoms with Gasteiger partial charge in [-0.05, 0) is 46.2 Å². The van der Waals surface area contributed by atoms with Crippen molar-refractivity contribution >= 4 is 51.9 Å². The van der Waals surface area contributed by atoms with E-state index in [1.54, 1.807) is 0 Å². The second-order valence-corrected chi connectivity index (χ2v) is 10.6. The van der Waals surface area contributed by atoms with Gasteiger partial charge in [-0.1, -0.05) is 105 Å². The molecule has 0 bridgehead atoms. The van der Waals surface area contributed by atoms with Gasteiger partial charge in [0.05, 0.1) is 11.4 Å². The van der Waals surface area contributed by atoms with Crippen molar-refractivity contribution in [1.29, 1.82) is 0 Å². The van der Waals surface area contributed by atoms with Crippen molar-refractivity contribution in [3.63, 3.8) is 0 Å². The largest absolute Gasteiger partial charge is 0.309 e. The normalized spacial score (nSPS) is 14.0. The van der Waals surface area contributed by atoms with Crippen LogP contribution in [0.2, 0.25) is 0 Å². The Labute approximate surface area is 189 Å². The summed E-state index contributed by atoms with van der Waals surface area (Å²) in [5.41, 5.74) is 9.55. The molecule has 1 nitrogen and oxygen atoms in total. The predicted molar refractivity (Wildman–Crippen MR) is 135 cm³/mol. The minimum absolute atomic E-state index is 0.105. The van der Waals surface area contributed by atoms with Crippen LogP contribution >= 0.6 is 11.8 Å². The monoisotopic (exact) mass is 417 g/mol. The zero-order chi connectivity index (χ0) is 21.2. The number of benzene rings is 4. The summed E-state index contributed by atoms with van der Waals surface area (Å²) in [4.78, 5) is 5.15. The van der Waals surface area contributed by atoms with E-state index in [0.717, 1.165) is 0 Å². The summed E-state index contributed by atoms with van der Waals surface area (Å²) >= 11 is 1.89. The van der Waals surface area contributed by atoms with Crippen LogP contribution in [0.4, 0.5) is 17.1 Å². The average Bonchev–Trinajstić information content (AvgIpc) is 2.78. The molecule has 0 fully saturated rings. The van der Waals surface area contributed by atoms with Gasteiger partial charge in [0.2, 0.25) is 6.71 Å². The molecule has 2 aliphatic rings. The standard InChI is InChI=1S/C28H24BNS/c1-28(2,3)19-16-17-23-22(18-19)29(20-10-5-4-6-11-20)21-12-9-15-26-27(21)30(23)24-13-7-8-14-25(24)31-26/h4-18H,1-3H3. The van der Waals surface area contributed by atoms with E-state index in [1.165, 1.54) is 48.8 Å². The lowest BCUT2D eigenvalue weighted by Crippen LogP contribution is -2.57. The van der Waals surface area contributed by atoms with Crippen LogP contribution in [-0.2, 0) is 5.41 Å². The molecule has 4 aromatic carbocycles. The highest BCUT2D eigenvalue weighted by molar-refractivity contribution is 7.99. The van der Waals surface area contributed by atoms with E-state index in [-0.39, 0.29) is 12.1 Å². The first-order valence-corrected chi connectivity index (χ1v) is 11.7. The maximum atomic E-state index is 2.50. The van der Waals surface area contributed by atoms with Crippen LogP contribution in [-0.4, -0.2) is 6.71 Å². The molecule has 6 rings (SSSR count). The van der Waals surface area contributed by atoms with Gasteiger partial charge in [-0.3, -0.25) is 0 Å². The third kappa shape index (κ3) is 2.87. The first-order chi connectivity index (χ1) is 15.0. The Morgan fingerprint density at radius 2 is 1.42 bits per heavy atom. The molecule has 2 heterocycles. The van der Waals surface area contributed by atoms with E-state index in [1.807, 2.05) is 11.8 Å². The highest BCUT2D eigenvalue weighted by Crippen LogP contribution is 2.51. The van der Waals surface area contributed by atoms with Gasteiger partial charge < -0.3 is 4.90 Å². The van der Waals surface area contributed by atoms with E-state index in [9.17, 15) is 0 Å². The van der Waals surface area contributed by atoms with E-state index in [0.29, 0.717) is 0 Å². The molecule has 31 heavy (non-hydrogen) atoms. The number of fused-ring (bicyclic) bond motifs is 4. The zero-order valence-electron chi connectivity index (χ0n) is 18.1. The average molecular weight is 417 g/mol. The second kappa shape index (κ2) is 6.80. The molecule has 0 saturated carbocycles. The molecule has 0 N–H and O–H groups in total. The number of para-hydroxylation sites is 2. The lowest BCUT2D eigenvalue weighted by atomic mass is 9.35. The van der Waals surface area contributed by atoms with Crippen molar-refractivity contribution in [2.75, 3.05) is 4.90 Å². The third-order valence-corrected chi connectivity index (χ3v) is 7.58. The van der Waals surface area contributed by atoms with E-state index in [2.05, 4.69) is 117 Å². The molecule has 2 aliphatic heterocycles. The molecule has 0 aromatic heterocycles. The molecule has 0 radical (unpaired) electrons. The first-order valence-electron chi connectivity index (χ1n) is 10.9. The fourth-order valence-electron chi connectivity index (χ4n) is 4.94. The number of anilines is 3. The van der Waals surface area contributed by atoms with Crippen LogP contribution in [0.15, 0.2) is 101 Å². The predicted octanol–water partition coefficient (Wildman–Crippen LogP) is 5.75. The number of rotatable bonds is 1. The molecule has 0 saturated heterocycles. The summed E-state index contributed by atoms with van der Waals surface area (Å²) in [5, 5.41) is 0. The molecule has 0 aliphatic carbocycles. The maximum absolute atomic E-state index is 2.50. The smallest absolute Gasteiger partial charge is 0.246 e. The van der Waals surface area contributed by atoms with Gasteiger partial charge in [-0.25, -0.2) is 0 Å². The topological polar surface area (TPSA) is 3.24 Å². The van der Waals surface area contributed by atoms with Crippen molar-refractivity contribution in [3.05, 3.63) is 96.6 Å². The summed E-state index contributed by atoms with van der Waals surface area (Å²) < 4.78 is 0. The molecule has 0 amide bonds. The summed E-state index contributed by atoms with van der Waals surface area (Å²) in [6.45, 7) is 7.13. The Balaban J connectivity index is 1.69. The first kappa shape index (κ1) is 18.8. The highest BCUT2D eigenvalue weighted by Gasteiger charge is 2.39. The van der Waals surface area contributed by atoms with Crippen molar-refractivity contribution in [3.8, 4) is 0 Å². The van der Waals surface area contributed by atoms with E-state index < -0.39 is 0 Å². The second-order valence-electron chi connectivity index (χ2n) is 9.47. The maximum Gasteiger partial charge on any atom is 0.246 e. The Morgan fingerprint density at radius 1 is 0.677 bits per heavy atom. The van der Waals surface area contributed by atoms with Crippen molar-refractivity contribution < 1.29 is 0 Å². The fraction of sp³-hybridized carbons (Fsp3) is 0.143. The van der Waals surface area contributed by atoms with Crippen LogP contribution in [0.5, 0.6) is 0 Å². The number of hydrogen-bond donors (Lipinski definition) is 0.